The summed E-state index contributed by atoms with van der Waals surface area (Å²) >= 11 is 0. The van der Waals surface area contributed by atoms with Gasteiger partial charge in [0, 0.05) is 12.1 Å². The van der Waals surface area contributed by atoms with E-state index in [0.717, 1.165) is 30.6 Å². The standard InChI is InChI=1S/C22H23N3O3/c26-22(23-11-5-4-8-16-6-2-1-3-7-16)18-15-24-25-21(18)17-9-10-19-20(14-17)28-13-12-27-19/h1-3,6-7,9-10,14-15H,4-5,8,11-13H2,(H,23,26)(H,24,25). The van der Waals surface area contributed by atoms with Gasteiger partial charge in [-0.1, -0.05) is 30.3 Å². The van der Waals surface area contributed by atoms with E-state index < -0.39 is 0 Å². The molecule has 0 radical (unpaired) electrons. The lowest BCUT2D eigenvalue weighted by Crippen LogP contribution is -2.24. The fourth-order valence-electron chi connectivity index (χ4n) is 3.27. The number of aromatic amines is 1. The molecule has 28 heavy (non-hydrogen) atoms. The zero-order valence-corrected chi connectivity index (χ0v) is 15.6. The third-order valence-corrected chi connectivity index (χ3v) is 4.74. The summed E-state index contributed by atoms with van der Waals surface area (Å²) in [6, 6.07) is 16.0. The fraction of sp³-hybridized carbons (Fsp3) is 0.273. The van der Waals surface area contributed by atoms with Crippen LogP contribution in [0.25, 0.3) is 11.3 Å². The molecular formula is C22H23N3O3. The van der Waals surface area contributed by atoms with E-state index in [4.69, 9.17) is 9.47 Å². The second kappa shape index (κ2) is 8.61. The van der Waals surface area contributed by atoms with Crippen molar-refractivity contribution >= 4 is 5.91 Å². The molecule has 6 nitrogen and oxygen atoms in total. The molecule has 0 unspecified atom stereocenters. The maximum Gasteiger partial charge on any atom is 0.255 e. The average Bonchev–Trinajstić information content (AvgIpc) is 3.24. The van der Waals surface area contributed by atoms with Gasteiger partial charge in [-0.3, -0.25) is 9.89 Å². The third-order valence-electron chi connectivity index (χ3n) is 4.74. The lowest BCUT2D eigenvalue weighted by molar-refractivity contribution is 0.0953. The number of aryl methyl sites for hydroxylation is 1. The van der Waals surface area contributed by atoms with Crippen LogP contribution in [0.3, 0.4) is 0 Å². The van der Waals surface area contributed by atoms with Crippen molar-refractivity contribution in [3.05, 3.63) is 65.9 Å². The molecule has 2 N–H and O–H groups in total. The highest BCUT2D eigenvalue weighted by atomic mass is 16.6. The molecule has 6 heteroatoms. The minimum atomic E-state index is -0.127. The second-order valence-electron chi connectivity index (χ2n) is 6.72. The van der Waals surface area contributed by atoms with Crippen molar-refractivity contribution in [2.45, 2.75) is 19.3 Å². The Balaban J connectivity index is 1.34. The number of nitrogens with zero attached hydrogens (tertiary/aromatic N) is 1. The normalized spacial score (nSPS) is 12.6. The molecule has 0 atom stereocenters. The topological polar surface area (TPSA) is 76.2 Å². The number of aromatic nitrogens is 2. The van der Waals surface area contributed by atoms with Crippen molar-refractivity contribution in [1.82, 2.24) is 15.5 Å². The number of ether oxygens (including phenoxy) is 2. The summed E-state index contributed by atoms with van der Waals surface area (Å²) < 4.78 is 11.2. The summed E-state index contributed by atoms with van der Waals surface area (Å²) in [5.74, 6) is 1.28. The Hall–Kier alpha value is -3.28. The average molecular weight is 377 g/mol. The van der Waals surface area contributed by atoms with Crippen LogP contribution in [0.1, 0.15) is 28.8 Å². The van der Waals surface area contributed by atoms with E-state index in [0.29, 0.717) is 36.8 Å². The van der Waals surface area contributed by atoms with Crippen molar-refractivity contribution in [1.29, 1.82) is 0 Å². The Morgan fingerprint density at radius 1 is 1.04 bits per heavy atom. The molecular weight excluding hydrogens is 354 g/mol. The number of carbonyl (C=O) groups excluding carboxylic acids is 1. The van der Waals surface area contributed by atoms with E-state index in [-0.39, 0.29) is 5.91 Å². The summed E-state index contributed by atoms with van der Waals surface area (Å²) in [6.45, 7) is 1.71. The monoisotopic (exact) mass is 377 g/mol. The molecule has 0 saturated carbocycles. The van der Waals surface area contributed by atoms with Gasteiger partial charge in [-0.05, 0) is 43.0 Å². The maximum atomic E-state index is 12.6. The molecule has 1 aliphatic rings. The number of fused-ring (bicyclic) bond motifs is 1. The lowest BCUT2D eigenvalue weighted by Gasteiger charge is -2.18. The predicted molar refractivity (Wildman–Crippen MR) is 107 cm³/mol. The van der Waals surface area contributed by atoms with Gasteiger partial charge in [0.25, 0.3) is 5.91 Å². The molecule has 1 aliphatic heterocycles. The van der Waals surface area contributed by atoms with Crippen LogP contribution >= 0.6 is 0 Å². The quantitative estimate of drug-likeness (QED) is 0.617. The van der Waals surface area contributed by atoms with Crippen LogP contribution < -0.4 is 14.8 Å². The largest absolute Gasteiger partial charge is 0.486 e. The van der Waals surface area contributed by atoms with Crippen molar-refractivity contribution < 1.29 is 14.3 Å². The molecule has 1 aromatic heterocycles. The number of hydrogen-bond donors (Lipinski definition) is 2. The number of amides is 1. The van der Waals surface area contributed by atoms with Gasteiger partial charge in [0.1, 0.15) is 13.2 Å². The van der Waals surface area contributed by atoms with Gasteiger partial charge >= 0.3 is 0 Å². The summed E-state index contributed by atoms with van der Waals surface area (Å²) in [5.41, 5.74) is 3.37. The molecule has 2 aromatic carbocycles. The summed E-state index contributed by atoms with van der Waals surface area (Å²) in [6.07, 6.45) is 4.54. The fourth-order valence-corrected chi connectivity index (χ4v) is 3.27. The Labute approximate surface area is 163 Å². The molecule has 0 saturated heterocycles. The number of hydrogen-bond acceptors (Lipinski definition) is 4. The van der Waals surface area contributed by atoms with E-state index in [9.17, 15) is 4.79 Å². The smallest absolute Gasteiger partial charge is 0.255 e. The zero-order valence-electron chi connectivity index (χ0n) is 15.6. The van der Waals surface area contributed by atoms with Crippen molar-refractivity contribution in [3.8, 4) is 22.8 Å². The van der Waals surface area contributed by atoms with Gasteiger partial charge in [-0.25, -0.2) is 0 Å². The van der Waals surface area contributed by atoms with Crippen molar-refractivity contribution in [2.24, 2.45) is 0 Å². The van der Waals surface area contributed by atoms with Crippen molar-refractivity contribution in [2.75, 3.05) is 19.8 Å². The third kappa shape index (κ3) is 4.17. The van der Waals surface area contributed by atoms with Gasteiger partial charge in [0.2, 0.25) is 0 Å². The summed E-state index contributed by atoms with van der Waals surface area (Å²) in [4.78, 5) is 12.6. The number of unbranched alkanes of at least 4 members (excludes halogenated alkanes) is 1. The molecule has 144 valence electrons. The van der Waals surface area contributed by atoms with Gasteiger partial charge < -0.3 is 14.8 Å². The minimum Gasteiger partial charge on any atom is -0.486 e. The van der Waals surface area contributed by atoms with Crippen LogP contribution in [0.5, 0.6) is 11.5 Å². The molecule has 0 bridgehead atoms. The first-order valence-corrected chi connectivity index (χ1v) is 9.57. The molecule has 3 aromatic rings. The van der Waals surface area contributed by atoms with Gasteiger partial charge in [-0.15, -0.1) is 0 Å². The zero-order chi connectivity index (χ0) is 19.2. The number of nitrogens with one attached hydrogen (secondary N) is 2. The first-order valence-electron chi connectivity index (χ1n) is 9.57. The Bertz CT molecular complexity index is 937. The Morgan fingerprint density at radius 2 is 1.86 bits per heavy atom. The van der Waals surface area contributed by atoms with Gasteiger partial charge in [0.05, 0.1) is 17.5 Å². The Morgan fingerprint density at radius 3 is 2.71 bits per heavy atom. The lowest BCUT2D eigenvalue weighted by atomic mass is 10.1. The highest BCUT2D eigenvalue weighted by Crippen LogP contribution is 2.34. The van der Waals surface area contributed by atoms with E-state index in [1.54, 1.807) is 6.20 Å². The van der Waals surface area contributed by atoms with E-state index in [1.807, 2.05) is 24.3 Å². The van der Waals surface area contributed by atoms with Crippen LogP contribution in [0.15, 0.2) is 54.7 Å². The van der Waals surface area contributed by atoms with E-state index in [2.05, 4.69) is 39.8 Å². The van der Waals surface area contributed by atoms with Gasteiger partial charge in [-0.2, -0.15) is 5.10 Å². The van der Waals surface area contributed by atoms with Crippen LogP contribution in [-0.2, 0) is 6.42 Å². The highest BCUT2D eigenvalue weighted by Gasteiger charge is 2.18. The van der Waals surface area contributed by atoms with Crippen LogP contribution in [0, 0.1) is 0 Å². The van der Waals surface area contributed by atoms with Crippen LogP contribution in [-0.4, -0.2) is 35.9 Å². The first-order chi connectivity index (χ1) is 13.8. The molecule has 0 spiro atoms. The summed E-state index contributed by atoms with van der Waals surface area (Å²) in [7, 11) is 0. The number of H-pyrrole nitrogens is 1. The molecule has 1 amide bonds. The Kier molecular flexibility index (Phi) is 5.56. The molecule has 0 aliphatic carbocycles. The molecule has 4 rings (SSSR count). The van der Waals surface area contributed by atoms with Gasteiger partial charge in [0.15, 0.2) is 11.5 Å². The first kappa shape index (κ1) is 18.1. The second-order valence-corrected chi connectivity index (χ2v) is 6.72. The SMILES string of the molecule is O=C(NCCCCc1ccccc1)c1cn[nH]c1-c1ccc2c(c1)OCCO2. The number of rotatable bonds is 7. The number of carbonyl (C=O) groups is 1. The van der Waals surface area contributed by atoms with E-state index >= 15 is 0 Å². The highest BCUT2D eigenvalue weighted by molar-refractivity contribution is 5.99. The van der Waals surface area contributed by atoms with Crippen molar-refractivity contribution in [3.63, 3.8) is 0 Å². The molecule has 2 heterocycles. The summed E-state index contributed by atoms with van der Waals surface area (Å²) in [5, 5.41) is 9.97. The maximum absolute atomic E-state index is 12.6. The van der Waals surface area contributed by atoms with E-state index in [1.165, 1.54) is 5.56 Å². The molecule has 0 fully saturated rings. The minimum absolute atomic E-state index is 0.127. The van der Waals surface area contributed by atoms with Crippen LogP contribution in [0.4, 0.5) is 0 Å². The predicted octanol–water partition coefficient (Wildman–Crippen LogP) is 3.60. The van der Waals surface area contributed by atoms with Crippen LogP contribution in [0.2, 0.25) is 0 Å². The number of benzene rings is 2.